The van der Waals surface area contributed by atoms with Crippen LogP contribution < -0.4 is 10.1 Å². The molecule has 1 fully saturated rings. The highest BCUT2D eigenvalue weighted by atomic mass is 16.5. The van der Waals surface area contributed by atoms with E-state index in [1.807, 2.05) is 18.2 Å². The molecule has 0 spiro atoms. The van der Waals surface area contributed by atoms with E-state index in [4.69, 9.17) is 4.74 Å². The number of amides is 1. The van der Waals surface area contributed by atoms with E-state index < -0.39 is 0 Å². The Kier molecular flexibility index (Phi) is 4.95. The van der Waals surface area contributed by atoms with Crippen molar-refractivity contribution >= 4 is 11.6 Å². The first kappa shape index (κ1) is 15.3. The van der Waals surface area contributed by atoms with Crippen LogP contribution in [0.4, 0.5) is 5.69 Å². The van der Waals surface area contributed by atoms with Crippen molar-refractivity contribution in [3.63, 3.8) is 0 Å². The van der Waals surface area contributed by atoms with Gasteiger partial charge in [-0.15, -0.1) is 0 Å². The number of benzene rings is 1. The molecule has 3 rings (SSSR count). The van der Waals surface area contributed by atoms with Crippen molar-refractivity contribution in [2.45, 2.75) is 19.3 Å². The van der Waals surface area contributed by atoms with Crippen LogP contribution in [0.25, 0.3) is 0 Å². The summed E-state index contributed by atoms with van der Waals surface area (Å²) in [5.41, 5.74) is 2.05. The van der Waals surface area contributed by atoms with Crippen LogP contribution in [-0.4, -0.2) is 62.1 Å². The molecule has 0 aromatic heterocycles. The van der Waals surface area contributed by atoms with Gasteiger partial charge in [-0.1, -0.05) is 6.07 Å². The first-order valence-corrected chi connectivity index (χ1v) is 8.18. The number of ether oxygens (including phenoxy) is 1. The van der Waals surface area contributed by atoms with E-state index in [1.165, 1.54) is 0 Å². The molecule has 0 bridgehead atoms. The van der Waals surface area contributed by atoms with Crippen LogP contribution in [0.15, 0.2) is 18.2 Å². The number of rotatable bonds is 5. The van der Waals surface area contributed by atoms with Gasteiger partial charge in [0.1, 0.15) is 5.75 Å². The fourth-order valence-corrected chi connectivity index (χ4v) is 3.07. The van der Waals surface area contributed by atoms with E-state index in [9.17, 15) is 4.79 Å². The van der Waals surface area contributed by atoms with Crippen LogP contribution >= 0.6 is 0 Å². The Morgan fingerprint density at radius 1 is 1.18 bits per heavy atom. The van der Waals surface area contributed by atoms with Crippen LogP contribution in [0.1, 0.15) is 18.4 Å². The largest absolute Gasteiger partial charge is 0.493 e. The molecule has 0 atom stereocenters. The van der Waals surface area contributed by atoms with Crippen molar-refractivity contribution in [1.82, 2.24) is 9.80 Å². The molecule has 2 heterocycles. The van der Waals surface area contributed by atoms with Crippen LogP contribution in [0.3, 0.4) is 0 Å². The zero-order valence-corrected chi connectivity index (χ0v) is 13.3. The third-order valence-electron chi connectivity index (χ3n) is 4.48. The smallest absolute Gasteiger partial charge is 0.224 e. The molecule has 22 heavy (non-hydrogen) atoms. The highest BCUT2D eigenvalue weighted by Gasteiger charge is 2.18. The second-order valence-corrected chi connectivity index (χ2v) is 6.18. The van der Waals surface area contributed by atoms with Gasteiger partial charge in [-0.2, -0.15) is 0 Å². The van der Waals surface area contributed by atoms with Gasteiger partial charge >= 0.3 is 0 Å². The number of nitrogens with one attached hydrogen (secondary N) is 1. The zero-order chi connectivity index (χ0) is 15.4. The molecule has 120 valence electrons. The van der Waals surface area contributed by atoms with E-state index in [-0.39, 0.29) is 5.91 Å². The molecule has 0 aliphatic carbocycles. The fourth-order valence-electron chi connectivity index (χ4n) is 3.07. The highest BCUT2D eigenvalue weighted by Crippen LogP contribution is 2.31. The van der Waals surface area contributed by atoms with Crippen LogP contribution in [0.2, 0.25) is 0 Å². The Labute approximate surface area is 132 Å². The minimum atomic E-state index is 0.0970. The lowest BCUT2D eigenvalue weighted by molar-refractivity contribution is -0.116. The molecule has 1 saturated heterocycles. The summed E-state index contributed by atoms with van der Waals surface area (Å²) in [7, 11) is 2.18. The first-order chi connectivity index (χ1) is 10.7. The number of carbonyl (C=O) groups is 1. The summed E-state index contributed by atoms with van der Waals surface area (Å²) in [5.74, 6) is 1.02. The van der Waals surface area contributed by atoms with Crippen molar-refractivity contribution < 1.29 is 9.53 Å². The van der Waals surface area contributed by atoms with Gasteiger partial charge < -0.3 is 19.9 Å². The molecule has 5 heteroatoms. The Hall–Kier alpha value is -1.59. The van der Waals surface area contributed by atoms with E-state index in [0.29, 0.717) is 6.42 Å². The van der Waals surface area contributed by atoms with Gasteiger partial charge in [0, 0.05) is 50.4 Å². The molecular formula is C17H25N3O2. The van der Waals surface area contributed by atoms with Crippen LogP contribution in [-0.2, 0) is 11.2 Å². The topological polar surface area (TPSA) is 44.8 Å². The number of nitrogens with zero attached hydrogens (tertiary/aromatic N) is 2. The van der Waals surface area contributed by atoms with Gasteiger partial charge in [0.05, 0.1) is 6.61 Å². The Morgan fingerprint density at radius 2 is 2.00 bits per heavy atom. The summed E-state index contributed by atoms with van der Waals surface area (Å²) in [6.45, 7) is 6.46. The summed E-state index contributed by atoms with van der Waals surface area (Å²) >= 11 is 0. The molecule has 2 aliphatic rings. The molecule has 0 unspecified atom stereocenters. The number of likely N-dealkylation sites (N-methyl/N-ethyl adjacent to an activating group) is 1. The quantitative estimate of drug-likeness (QED) is 0.839. The second-order valence-electron chi connectivity index (χ2n) is 6.18. The van der Waals surface area contributed by atoms with Crippen molar-refractivity contribution in [3.05, 3.63) is 23.8 Å². The van der Waals surface area contributed by atoms with Crippen molar-refractivity contribution in [3.8, 4) is 5.75 Å². The van der Waals surface area contributed by atoms with Crippen molar-refractivity contribution in [2.24, 2.45) is 0 Å². The molecule has 2 aliphatic heterocycles. The number of carbonyl (C=O) groups excluding carboxylic acids is 1. The monoisotopic (exact) mass is 303 g/mol. The van der Waals surface area contributed by atoms with Gasteiger partial charge in [-0.3, -0.25) is 4.79 Å². The fraction of sp³-hybridized carbons (Fsp3) is 0.588. The normalized spacial score (nSPS) is 19.6. The predicted octanol–water partition coefficient (Wildman–Crippen LogP) is 1.59. The maximum atomic E-state index is 11.4. The van der Waals surface area contributed by atoms with Crippen LogP contribution in [0.5, 0.6) is 5.75 Å². The van der Waals surface area contributed by atoms with Gasteiger partial charge in [0.25, 0.3) is 0 Å². The molecule has 5 nitrogen and oxygen atoms in total. The second kappa shape index (κ2) is 7.11. The molecule has 1 aromatic carbocycles. The molecule has 1 aromatic rings. The van der Waals surface area contributed by atoms with Gasteiger partial charge in [0.15, 0.2) is 0 Å². The minimum Gasteiger partial charge on any atom is -0.493 e. The summed E-state index contributed by atoms with van der Waals surface area (Å²) < 4.78 is 5.96. The van der Waals surface area contributed by atoms with Gasteiger partial charge in [-0.05, 0) is 32.0 Å². The van der Waals surface area contributed by atoms with Crippen molar-refractivity contribution in [2.75, 3.05) is 51.7 Å². The Morgan fingerprint density at radius 3 is 2.82 bits per heavy atom. The summed E-state index contributed by atoms with van der Waals surface area (Å²) in [4.78, 5) is 16.3. The lowest BCUT2D eigenvalue weighted by Gasteiger charge is -2.32. The summed E-state index contributed by atoms with van der Waals surface area (Å²) in [6, 6.07) is 5.90. The van der Waals surface area contributed by atoms with E-state index >= 15 is 0 Å². The zero-order valence-electron chi connectivity index (χ0n) is 13.3. The Balaban J connectivity index is 1.46. The average Bonchev–Trinajstić information content (AvgIpc) is 2.53. The lowest BCUT2D eigenvalue weighted by Crippen LogP contribution is -2.44. The van der Waals surface area contributed by atoms with Gasteiger partial charge in [-0.25, -0.2) is 0 Å². The van der Waals surface area contributed by atoms with Crippen molar-refractivity contribution in [1.29, 1.82) is 0 Å². The Bertz CT molecular complexity index is 525. The van der Waals surface area contributed by atoms with E-state index in [1.54, 1.807) is 0 Å². The minimum absolute atomic E-state index is 0.0970. The van der Waals surface area contributed by atoms with Crippen LogP contribution in [0, 0.1) is 0 Å². The molecular weight excluding hydrogens is 278 g/mol. The number of hydrogen-bond donors (Lipinski definition) is 1. The SMILES string of the molecule is CN1CCN(CCCOc2cccc3c2CCC(=O)N3)CC1. The third-order valence-corrected chi connectivity index (χ3v) is 4.48. The average molecular weight is 303 g/mol. The molecule has 1 amide bonds. The number of piperazine rings is 1. The summed E-state index contributed by atoms with van der Waals surface area (Å²) in [6.07, 6.45) is 2.37. The summed E-state index contributed by atoms with van der Waals surface area (Å²) in [5, 5.41) is 2.91. The standard InChI is InChI=1S/C17H25N3O2/c1-19-9-11-20(12-10-19)8-3-13-22-16-5-2-4-15-14(16)6-7-17(21)18-15/h2,4-5H,3,6-13H2,1H3,(H,18,21). The maximum absolute atomic E-state index is 11.4. The molecule has 0 radical (unpaired) electrons. The van der Waals surface area contributed by atoms with E-state index in [2.05, 4.69) is 22.2 Å². The lowest BCUT2D eigenvalue weighted by atomic mass is 10.0. The van der Waals surface area contributed by atoms with Gasteiger partial charge in [0.2, 0.25) is 5.91 Å². The number of anilines is 1. The third kappa shape index (κ3) is 3.78. The first-order valence-electron chi connectivity index (χ1n) is 8.18. The maximum Gasteiger partial charge on any atom is 0.224 e. The number of hydrogen-bond acceptors (Lipinski definition) is 4. The molecule has 0 saturated carbocycles. The molecule has 1 N–H and O–H groups in total. The highest BCUT2D eigenvalue weighted by molar-refractivity contribution is 5.94. The predicted molar refractivity (Wildman–Crippen MR) is 87.4 cm³/mol. The number of fused-ring (bicyclic) bond motifs is 1. The van der Waals surface area contributed by atoms with E-state index in [0.717, 1.165) is 69.2 Å².